The molecule has 2 atom stereocenters. The Morgan fingerprint density at radius 2 is 2.18 bits per heavy atom. The lowest BCUT2D eigenvalue weighted by Gasteiger charge is -2.39. The van der Waals surface area contributed by atoms with Gasteiger partial charge in [-0.25, -0.2) is 0 Å². The van der Waals surface area contributed by atoms with Crippen LogP contribution < -0.4 is 24.0 Å². The summed E-state index contributed by atoms with van der Waals surface area (Å²) in [6.45, 7) is 4.26. The van der Waals surface area contributed by atoms with Crippen LogP contribution in [0.1, 0.15) is 16.8 Å². The Hall–Kier alpha value is -1.21. The summed E-state index contributed by atoms with van der Waals surface area (Å²) in [6, 6.07) is 10.2. The first-order valence-corrected chi connectivity index (χ1v) is 7.64. The summed E-state index contributed by atoms with van der Waals surface area (Å²) < 4.78 is 1.13. The second-order valence-corrected chi connectivity index (χ2v) is 6.60. The molecule has 4 rings (SSSR count). The number of aromatic nitrogens is 1. The molecule has 0 N–H and O–H groups in total. The predicted octanol–water partition coefficient (Wildman–Crippen LogP) is -1.09. The van der Waals surface area contributed by atoms with Gasteiger partial charge in [-0.05, 0) is 18.2 Å². The zero-order chi connectivity index (χ0) is 14.4. The van der Waals surface area contributed by atoms with Gasteiger partial charge >= 0.3 is 0 Å². The van der Waals surface area contributed by atoms with Crippen molar-refractivity contribution in [2.75, 3.05) is 33.2 Å². The summed E-state index contributed by atoms with van der Waals surface area (Å²) in [5.41, 5.74) is 1.66. The molecule has 0 radical (unpaired) electrons. The number of nitrogens with zero attached hydrogens (tertiary/aromatic N) is 3. The number of pyridine rings is 1. The molecule has 2 aliphatic rings. The predicted molar refractivity (Wildman–Crippen MR) is 82.0 cm³/mol. The van der Waals surface area contributed by atoms with Crippen molar-refractivity contribution in [1.82, 2.24) is 9.88 Å². The molecule has 2 saturated heterocycles. The van der Waals surface area contributed by atoms with Crippen molar-refractivity contribution in [3.63, 3.8) is 0 Å². The lowest BCUT2D eigenvalue weighted by Crippen LogP contribution is -3.00. The summed E-state index contributed by atoms with van der Waals surface area (Å²) in [4.78, 5) is 19.3. The van der Waals surface area contributed by atoms with Gasteiger partial charge in [0.2, 0.25) is 0 Å². The van der Waals surface area contributed by atoms with Crippen molar-refractivity contribution in [3.05, 3.63) is 42.1 Å². The van der Waals surface area contributed by atoms with Gasteiger partial charge in [0.05, 0.1) is 44.8 Å². The third kappa shape index (κ3) is 2.60. The summed E-state index contributed by atoms with van der Waals surface area (Å²) >= 11 is 0. The molecule has 2 aliphatic heterocycles. The molecule has 116 valence electrons. The van der Waals surface area contributed by atoms with E-state index in [2.05, 4.69) is 16.9 Å². The number of hydrogen-bond acceptors (Lipinski definition) is 2. The lowest BCUT2D eigenvalue weighted by molar-refractivity contribution is -0.901. The van der Waals surface area contributed by atoms with Crippen LogP contribution in [0.5, 0.6) is 0 Å². The van der Waals surface area contributed by atoms with E-state index in [1.165, 1.54) is 6.54 Å². The molecule has 0 aliphatic carbocycles. The smallest absolute Gasteiger partial charge is 0.254 e. The molecule has 1 aromatic carbocycles. The quantitative estimate of drug-likeness (QED) is 0.444. The van der Waals surface area contributed by atoms with Gasteiger partial charge in [-0.3, -0.25) is 9.78 Å². The Kier molecular flexibility index (Phi) is 4.11. The monoisotopic (exact) mass is 409 g/mol. The zero-order valence-electron chi connectivity index (χ0n) is 12.7. The fourth-order valence-corrected chi connectivity index (χ4v) is 3.77. The van der Waals surface area contributed by atoms with Crippen molar-refractivity contribution in [2.24, 2.45) is 0 Å². The molecule has 2 fully saturated rings. The van der Waals surface area contributed by atoms with Gasteiger partial charge in [-0.2, -0.15) is 0 Å². The molecular formula is C17H20IN3O. The van der Waals surface area contributed by atoms with E-state index in [0.29, 0.717) is 6.04 Å². The summed E-state index contributed by atoms with van der Waals surface area (Å²) in [7, 11) is 2.31. The number of benzene rings is 1. The van der Waals surface area contributed by atoms with E-state index in [-0.39, 0.29) is 29.9 Å². The van der Waals surface area contributed by atoms with Crippen LogP contribution in [0, 0.1) is 0 Å². The standard InChI is InChI=1S/C17H20N3O.HI/c1-20-9-6-15(12-20)19(8-10-20)17(21)14-5-4-13-3-2-7-18-16(13)11-14;/h2-5,7,11,15H,6,8-10,12H2,1H3;1H/q+1;/p-1. The minimum Gasteiger partial charge on any atom is -1.00 e. The van der Waals surface area contributed by atoms with Gasteiger partial charge in [-0.1, -0.05) is 12.1 Å². The number of hydrogen-bond donors (Lipinski definition) is 0. The molecule has 0 saturated carbocycles. The van der Waals surface area contributed by atoms with Crippen LogP contribution in [0.2, 0.25) is 0 Å². The lowest BCUT2D eigenvalue weighted by atomic mass is 10.1. The molecule has 0 spiro atoms. The minimum absolute atomic E-state index is 0. The van der Waals surface area contributed by atoms with Crippen molar-refractivity contribution < 1.29 is 33.3 Å². The second-order valence-electron chi connectivity index (χ2n) is 6.60. The highest BCUT2D eigenvalue weighted by Crippen LogP contribution is 2.28. The van der Waals surface area contributed by atoms with E-state index in [1.54, 1.807) is 6.20 Å². The maximum Gasteiger partial charge on any atom is 0.254 e. The maximum atomic E-state index is 12.8. The summed E-state index contributed by atoms with van der Waals surface area (Å²) in [6.07, 6.45) is 2.91. The number of fused-ring (bicyclic) bond motifs is 3. The van der Waals surface area contributed by atoms with E-state index in [1.807, 2.05) is 30.3 Å². The molecule has 2 bridgehead atoms. The molecule has 4 nitrogen and oxygen atoms in total. The van der Waals surface area contributed by atoms with Crippen LogP contribution >= 0.6 is 0 Å². The first-order chi connectivity index (χ1) is 10.1. The van der Waals surface area contributed by atoms with Crippen LogP contribution in [0.15, 0.2) is 36.5 Å². The molecule has 22 heavy (non-hydrogen) atoms. The average molecular weight is 409 g/mol. The Morgan fingerprint density at radius 3 is 3.05 bits per heavy atom. The van der Waals surface area contributed by atoms with Gasteiger partial charge in [0.15, 0.2) is 0 Å². The van der Waals surface area contributed by atoms with Crippen LogP contribution in [0.4, 0.5) is 0 Å². The normalized spacial score (nSPS) is 26.8. The number of carbonyl (C=O) groups excluding carboxylic acids is 1. The van der Waals surface area contributed by atoms with Gasteiger partial charge < -0.3 is 33.4 Å². The number of halogens is 1. The van der Waals surface area contributed by atoms with Crippen LogP contribution in [-0.2, 0) is 0 Å². The number of rotatable bonds is 1. The summed E-state index contributed by atoms with van der Waals surface area (Å²) in [5, 5.41) is 1.08. The Balaban J connectivity index is 0.00000144. The molecular weight excluding hydrogens is 389 g/mol. The fraction of sp³-hybridized carbons (Fsp3) is 0.412. The van der Waals surface area contributed by atoms with Gasteiger partial charge in [0.1, 0.15) is 0 Å². The van der Waals surface area contributed by atoms with Crippen molar-refractivity contribution in [1.29, 1.82) is 0 Å². The number of likely N-dealkylation sites (N-methyl/N-ethyl adjacent to an activating group) is 1. The van der Waals surface area contributed by atoms with E-state index < -0.39 is 0 Å². The number of piperazine rings is 1. The Bertz CT molecular complexity index is 720. The van der Waals surface area contributed by atoms with Crippen LogP contribution in [0.3, 0.4) is 0 Å². The first-order valence-electron chi connectivity index (χ1n) is 7.64. The Labute approximate surface area is 147 Å². The third-order valence-corrected chi connectivity index (χ3v) is 5.09. The van der Waals surface area contributed by atoms with E-state index >= 15 is 0 Å². The van der Waals surface area contributed by atoms with Crippen molar-refractivity contribution in [2.45, 2.75) is 12.5 Å². The number of carbonyl (C=O) groups is 1. The highest BCUT2D eigenvalue weighted by Gasteiger charge is 2.44. The molecule has 3 heterocycles. The third-order valence-electron chi connectivity index (χ3n) is 5.09. The molecule has 1 aromatic heterocycles. The molecule has 5 heteroatoms. The van der Waals surface area contributed by atoms with Gasteiger partial charge in [0.25, 0.3) is 5.91 Å². The first kappa shape index (κ1) is 15.7. The zero-order valence-corrected chi connectivity index (χ0v) is 14.9. The highest BCUT2D eigenvalue weighted by atomic mass is 127. The molecule has 1 amide bonds. The molecule has 2 unspecified atom stereocenters. The highest BCUT2D eigenvalue weighted by molar-refractivity contribution is 5.98. The van der Waals surface area contributed by atoms with E-state index in [9.17, 15) is 4.79 Å². The molecule has 2 aromatic rings. The second kappa shape index (κ2) is 5.77. The van der Waals surface area contributed by atoms with E-state index in [0.717, 1.165) is 47.0 Å². The van der Waals surface area contributed by atoms with E-state index in [4.69, 9.17) is 0 Å². The average Bonchev–Trinajstić information content (AvgIpc) is 2.82. The largest absolute Gasteiger partial charge is 1.00 e. The Morgan fingerprint density at radius 1 is 1.32 bits per heavy atom. The summed E-state index contributed by atoms with van der Waals surface area (Å²) in [5.74, 6) is 0.167. The minimum atomic E-state index is 0. The van der Waals surface area contributed by atoms with Crippen molar-refractivity contribution in [3.8, 4) is 0 Å². The van der Waals surface area contributed by atoms with Crippen LogP contribution in [-0.4, -0.2) is 59.5 Å². The number of amides is 1. The number of quaternary nitrogens is 1. The topological polar surface area (TPSA) is 33.2 Å². The van der Waals surface area contributed by atoms with Gasteiger partial charge in [-0.15, -0.1) is 0 Å². The van der Waals surface area contributed by atoms with Crippen LogP contribution in [0.25, 0.3) is 10.9 Å². The maximum absolute atomic E-state index is 12.8. The van der Waals surface area contributed by atoms with Gasteiger partial charge in [0, 0.05) is 23.6 Å². The SMILES string of the molecule is C[N+]12CCC(C1)N(C(=O)c1ccc3cccnc3c1)CC2.[I-]. The van der Waals surface area contributed by atoms with Crippen molar-refractivity contribution >= 4 is 16.8 Å². The fourth-order valence-electron chi connectivity index (χ4n) is 3.77.